The Hall–Kier alpha value is -1.05. The van der Waals surface area contributed by atoms with Crippen molar-refractivity contribution in [3.05, 3.63) is 23.9 Å². The van der Waals surface area contributed by atoms with E-state index in [0.29, 0.717) is 18.5 Å². The van der Waals surface area contributed by atoms with Crippen LogP contribution in [0.25, 0.3) is 0 Å². The van der Waals surface area contributed by atoms with Crippen LogP contribution >= 0.6 is 24.0 Å². The standard InChI is InChI=1S/C16H27N5.HI/c1-21(2)15-11-13(9-10-18-15)12-19-16(17)20-14-7-5-3-4-6-8-14;/h9-11,14H,3-8,12H2,1-2H3,(H3,17,19,20);1H. The third-order valence-corrected chi connectivity index (χ3v) is 3.91. The normalized spacial score (nSPS) is 16.5. The summed E-state index contributed by atoms with van der Waals surface area (Å²) in [7, 11) is 3.97. The maximum absolute atomic E-state index is 6.01. The van der Waals surface area contributed by atoms with E-state index in [-0.39, 0.29) is 24.0 Å². The fourth-order valence-electron chi connectivity index (χ4n) is 2.66. The molecular weight excluding hydrogens is 389 g/mol. The summed E-state index contributed by atoms with van der Waals surface area (Å²) in [6, 6.07) is 4.52. The number of hydrogen-bond acceptors (Lipinski definition) is 3. The van der Waals surface area contributed by atoms with Crippen LogP contribution in [-0.2, 0) is 6.54 Å². The van der Waals surface area contributed by atoms with Crippen molar-refractivity contribution in [1.82, 2.24) is 10.3 Å². The molecule has 0 aromatic carbocycles. The van der Waals surface area contributed by atoms with Crippen molar-refractivity contribution in [3.63, 3.8) is 0 Å². The van der Waals surface area contributed by atoms with E-state index in [9.17, 15) is 0 Å². The number of nitrogens with two attached hydrogens (primary N) is 1. The maximum Gasteiger partial charge on any atom is 0.189 e. The van der Waals surface area contributed by atoms with Crippen LogP contribution in [0, 0.1) is 0 Å². The van der Waals surface area contributed by atoms with Crippen molar-refractivity contribution in [3.8, 4) is 0 Å². The average molecular weight is 417 g/mol. The van der Waals surface area contributed by atoms with Crippen LogP contribution in [0.4, 0.5) is 5.82 Å². The minimum atomic E-state index is 0. The van der Waals surface area contributed by atoms with Crippen LogP contribution < -0.4 is 16.0 Å². The fourth-order valence-corrected chi connectivity index (χ4v) is 2.66. The molecule has 0 spiro atoms. The molecule has 22 heavy (non-hydrogen) atoms. The molecule has 1 fully saturated rings. The summed E-state index contributed by atoms with van der Waals surface area (Å²) in [4.78, 5) is 10.7. The van der Waals surface area contributed by atoms with Gasteiger partial charge in [0.2, 0.25) is 0 Å². The molecule has 2 rings (SSSR count). The zero-order valence-corrected chi connectivity index (χ0v) is 15.9. The first-order valence-electron chi connectivity index (χ1n) is 7.84. The summed E-state index contributed by atoms with van der Waals surface area (Å²) >= 11 is 0. The van der Waals surface area contributed by atoms with Crippen LogP contribution in [0.15, 0.2) is 23.3 Å². The first-order chi connectivity index (χ1) is 10.1. The van der Waals surface area contributed by atoms with E-state index in [4.69, 9.17) is 5.73 Å². The summed E-state index contributed by atoms with van der Waals surface area (Å²) in [5.74, 6) is 1.50. The lowest BCUT2D eigenvalue weighted by molar-refractivity contribution is 0.530. The summed E-state index contributed by atoms with van der Waals surface area (Å²) in [5, 5.41) is 3.37. The minimum absolute atomic E-state index is 0. The third kappa shape index (κ3) is 6.37. The molecule has 0 bridgehead atoms. The Morgan fingerprint density at radius 2 is 2.00 bits per heavy atom. The Balaban J connectivity index is 0.00000242. The second-order valence-electron chi connectivity index (χ2n) is 5.95. The number of pyridine rings is 1. The molecule has 0 saturated heterocycles. The number of hydrogen-bond donors (Lipinski definition) is 2. The molecular formula is C16H28IN5. The first kappa shape index (κ1) is 19.0. The molecule has 124 valence electrons. The Morgan fingerprint density at radius 3 is 2.64 bits per heavy atom. The molecule has 1 aromatic heterocycles. The van der Waals surface area contributed by atoms with Gasteiger partial charge >= 0.3 is 0 Å². The van der Waals surface area contributed by atoms with Gasteiger partial charge in [0.1, 0.15) is 5.82 Å². The van der Waals surface area contributed by atoms with Crippen LogP contribution in [-0.4, -0.2) is 31.1 Å². The fraction of sp³-hybridized carbons (Fsp3) is 0.625. The highest BCUT2D eigenvalue weighted by molar-refractivity contribution is 14.0. The second kappa shape index (κ2) is 9.86. The Labute approximate surface area is 150 Å². The Bertz CT molecular complexity index is 467. The largest absolute Gasteiger partial charge is 0.370 e. The van der Waals surface area contributed by atoms with Crippen molar-refractivity contribution in [2.24, 2.45) is 10.7 Å². The second-order valence-corrected chi connectivity index (χ2v) is 5.95. The number of nitrogens with one attached hydrogen (secondary N) is 1. The summed E-state index contributed by atoms with van der Waals surface area (Å²) < 4.78 is 0. The molecule has 5 nitrogen and oxygen atoms in total. The lowest BCUT2D eigenvalue weighted by Gasteiger charge is -2.16. The van der Waals surface area contributed by atoms with Gasteiger partial charge in [-0.25, -0.2) is 9.98 Å². The lowest BCUT2D eigenvalue weighted by Crippen LogP contribution is -2.39. The van der Waals surface area contributed by atoms with E-state index in [1.165, 1.54) is 38.5 Å². The van der Waals surface area contributed by atoms with E-state index >= 15 is 0 Å². The number of aromatic nitrogens is 1. The molecule has 0 amide bonds. The topological polar surface area (TPSA) is 66.5 Å². The van der Waals surface area contributed by atoms with Crippen molar-refractivity contribution in [2.75, 3.05) is 19.0 Å². The highest BCUT2D eigenvalue weighted by Crippen LogP contribution is 2.17. The number of anilines is 1. The quantitative estimate of drug-likeness (QED) is 0.342. The van der Waals surface area contributed by atoms with Crippen LogP contribution in [0.1, 0.15) is 44.1 Å². The molecule has 1 saturated carbocycles. The smallest absolute Gasteiger partial charge is 0.189 e. The predicted octanol–water partition coefficient (Wildman–Crippen LogP) is 2.89. The molecule has 6 heteroatoms. The Kier molecular flexibility index (Phi) is 8.52. The summed E-state index contributed by atoms with van der Waals surface area (Å²) in [6.07, 6.45) is 9.50. The van der Waals surface area contributed by atoms with Gasteiger partial charge in [0.15, 0.2) is 5.96 Å². The Morgan fingerprint density at radius 1 is 1.32 bits per heavy atom. The van der Waals surface area contributed by atoms with Crippen LogP contribution in [0.2, 0.25) is 0 Å². The van der Waals surface area contributed by atoms with Gasteiger partial charge in [0.25, 0.3) is 0 Å². The monoisotopic (exact) mass is 417 g/mol. The van der Waals surface area contributed by atoms with Crippen molar-refractivity contribution >= 4 is 35.8 Å². The number of guanidine groups is 1. The average Bonchev–Trinajstić information content (AvgIpc) is 2.74. The molecule has 0 aliphatic heterocycles. The van der Waals surface area contributed by atoms with E-state index < -0.39 is 0 Å². The molecule has 0 radical (unpaired) electrons. The molecule has 0 unspecified atom stereocenters. The number of rotatable bonds is 4. The molecule has 1 aliphatic carbocycles. The van der Waals surface area contributed by atoms with Gasteiger partial charge in [-0.2, -0.15) is 0 Å². The van der Waals surface area contributed by atoms with E-state index in [0.717, 1.165) is 11.4 Å². The van der Waals surface area contributed by atoms with Crippen molar-refractivity contribution in [1.29, 1.82) is 0 Å². The molecule has 1 aromatic rings. The number of halogens is 1. The van der Waals surface area contributed by atoms with Gasteiger partial charge in [-0.15, -0.1) is 24.0 Å². The molecule has 1 heterocycles. The van der Waals surface area contributed by atoms with Gasteiger partial charge < -0.3 is 16.0 Å². The number of aliphatic imine (C=N–C) groups is 1. The SMILES string of the molecule is CN(C)c1cc(CN=C(N)NC2CCCCCC2)ccn1.I. The van der Waals surface area contributed by atoms with Crippen molar-refractivity contribution in [2.45, 2.75) is 51.1 Å². The first-order valence-corrected chi connectivity index (χ1v) is 7.84. The van der Waals surface area contributed by atoms with E-state index in [1.807, 2.05) is 37.3 Å². The van der Waals surface area contributed by atoms with Crippen LogP contribution in [0.5, 0.6) is 0 Å². The van der Waals surface area contributed by atoms with Gasteiger partial charge in [-0.1, -0.05) is 25.7 Å². The maximum atomic E-state index is 6.01. The van der Waals surface area contributed by atoms with Crippen molar-refractivity contribution < 1.29 is 0 Å². The van der Waals surface area contributed by atoms with Gasteiger partial charge in [0, 0.05) is 26.3 Å². The third-order valence-electron chi connectivity index (χ3n) is 3.91. The number of nitrogens with zero attached hydrogens (tertiary/aromatic N) is 3. The predicted molar refractivity (Wildman–Crippen MR) is 104 cm³/mol. The lowest BCUT2D eigenvalue weighted by atomic mass is 10.1. The summed E-state index contributed by atoms with van der Waals surface area (Å²) in [5.41, 5.74) is 7.14. The van der Waals surface area contributed by atoms with Gasteiger partial charge in [0.05, 0.1) is 6.54 Å². The van der Waals surface area contributed by atoms with Gasteiger partial charge in [-0.3, -0.25) is 0 Å². The van der Waals surface area contributed by atoms with Gasteiger partial charge in [-0.05, 0) is 30.5 Å². The molecule has 3 N–H and O–H groups in total. The minimum Gasteiger partial charge on any atom is -0.370 e. The highest BCUT2D eigenvalue weighted by atomic mass is 127. The molecule has 0 atom stereocenters. The zero-order valence-electron chi connectivity index (χ0n) is 13.6. The van der Waals surface area contributed by atoms with E-state index in [2.05, 4.69) is 15.3 Å². The highest BCUT2D eigenvalue weighted by Gasteiger charge is 2.12. The zero-order chi connectivity index (χ0) is 15.1. The van der Waals surface area contributed by atoms with Crippen LogP contribution in [0.3, 0.4) is 0 Å². The summed E-state index contributed by atoms with van der Waals surface area (Å²) in [6.45, 7) is 0.592. The van der Waals surface area contributed by atoms with E-state index in [1.54, 1.807) is 0 Å². The molecule has 1 aliphatic rings.